The molecule has 2 aromatic carbocycles. The van der Waals surface area contributed by atoms with E-state index in [2.05, 4.69) is 9.72 Å². The summed E-state index contributed by atoms with van der Waals surface area (Å²) in [5.41, 5.74) is 1.83. The van der Waals surface area contributed by atoms with E-state index in [1.165, 1.54) is 17.4 Å². The largest absolute Gasteiger partial charge is 0.508 e. The minimum Gasteiger partial charge on any atom is -0.508 e. The van der Waals surface area contributed by atoms with Crippen molar-refractivity contribution in [1.29, 1.82) is 0 Å². The maximum Gasteiger partial charge on any atom is 0.387 e. The Morgan fingerprint density at radius 3 is 2.68 bits per heavy atom. The van der Waals surface area contributed by atoms with Gasteiger partial charge in [0.15, 0.2) is 0 Å². The Hall–Kier alpha value is -2.47. The van der Waals surface area contributed by atoms with Gasteiger partial charge in [0.05, 0.1) is 5.69 Å². The van der Waals surface area contributed by atoms with Crippen LogP contribution in [0, 0.1) is 0 Å². The number of benzene rings is 2. The molecule has 0 bridgehead atoms. The van der Waals surface area contributed by atoms with Gasteiger partial charge >= 0.3 is 6.61 Å². The Bertz CT molecular complexity index is 789. The predicted molar refractivity (Wildman–Crippen MR) is 81.3 cm³/mol. The third-order valence-corrected chi connectivity index (χ3v) is 3.87. The highest BCUT2D eigenvalue weighted by atomic mass is 32.1. The lowest BCUT2D eigenvalue weighted by Crippen LogP contribution is -2.03. The second kappa shape index (κ2) is 6.11. The normalized spacial score (nSPS) is 10.9. The number of phenols is 1. The second-order valence-electron chi connectivity index (χ2n) is 4.46. The fourth-order valence-corrected chi connectivity index (χ4v) is 2.86. The smallest absolute Gasteiger partial charge is 0.387 e. The summed E-state index contributed by atoms with van der Waals surface area (Å²) in [5.74, 6) is 0.237. The standard InChI is InChI=1S/C16H11F2NO2S/c17-16(18)21-14-7-2-1-6-12(14)13-9-22-15(19-13)10-4-3-5-11(20)8-10/h1-9,16,20H. The number of para-hydroxylation sites is 1. The molecular formula is C16H11F2NO2S. The fraction of sp³-hybridized carbons (Fsp3) is 0.0625. The number of nitrogens with zero attached hydrogens (tertiary/aromatic N) is 1. The van der Waals surface area contributed by atoms with Gasteiger partial charge in [-0.1, -0.05) is 24.3 Å². The van der Waals surface area contributed by atoms with Crippen LogP contribution in [-0.4, -0.2) is 16.7 Å². The molecule has 22 heavy (non-hydrogen) atoms. The first-order valence-corrected chi connectivity index (χ1v) is 7.30. The first-order chi connectivity index (χ1) is 10.6. The third-order valence-electron chi connectivity index (χ3n) is 2.98. The summed E-state index contributed by atoms with van der Waals surface area (Å²) in [6.07, 6.45) is 0. The van der Waals surface area contributed by atoms with Crippen molar-refractivity contribution in [2.45, 2.75) is 6.61 Å². The van der Waals surface area contributed by atoms with Crippen LogP contribution in [0.25, 0.3) is 21.8 Å². The summed E-state index contributed by atoms with van der Waals surface area (Å²) in [6, 6.07) is 13.2. The molecule has 0 amide bonds. The quantitative estimate of drug-likeness (QED) is 0.752. The molecule has 0 atom stereocenters. The van der Waals surface area contributed by atoms with Gasteiger partial charge in [0.1, 0.15) is 16.5 Å². The number of hydrogen-bond acceptors (Lipinski definition) is 4. The Kier molecular flexibility index (Phi) is 4.02. The van der Waals surface area contributed by atoms with E-state index in [0.29, 0.717) is 16.3 Å². The minimum atomic E-state index is -2.88. The van der Waals surface area contributed by atoms with E-state index in [-0.39, 0.29) is 11.5 Å². The van der Waals surface area contributed by atoms with Gasteiger partial charge in [0.2, 0.25) is 0 Å². The van der Waals surface area contributed by atoms with Crippen LogP contribution in [-0.2, 0) is 0 Å². The monoisotopic (exact) mass is 319 g/mol. The van der Waals surface area contributed by atoms with Gasteiger partial charge < -0.3 is 9.84 Å². The number of aromatic hydroxyl groups is 1. The molecule has 0 aliphatic carbocycles. The van der Waals surface area contributed by atoms with E-state index < -0.39 is 6.61 Å². The van der Waals surface area contributed by atoms with Gasteiger partial charge in [-0.15, -0.1) is 11.3 Å². The van der Waals surface area contributed by atoms with Crippen LogP contribution in [0.5, 0.6) is 11.5 Å². The number of hydrogen-bond donors (Lipinski definition) is 1. The van der Waals surface area contributed by atoms with E-state index >= 15 is 0 Å². The molecule has 0 radical (unpaired) electrons. The average Bonchev–Trinajstić information content (AvgIpc) is 2.97. The summed E-state index contributed by atoms with van der Waals surface area (Å²) < 4.78 is 29.5. The van der Waals surface area contributed by atoms with Gasteiger partial charge in [-0.05, 0) is 24.3 Å². The first kappa shape index (κ1) is 14.5. The summed E-state index contributed by atoms with van der Waals surface area (Å²) in [6.45, 7) is -2.88. The molecule has 6 heteroatoms. The molecule has 3 aromatic rings. The van der Waals surface area contributed by atoms with E-state index in [4.69, 9.17) is 0 Å². The van der Waals surface area contributed by atoms with Crippen molar-refractivity contribution in [2.75, 3.05) is 0 Å². The summed E-state index contributed by atoms with van der Waals surface area (Å²) in [4.78, 5) is 4.44. The Balaban J connectivity index is 1.98. The lowest BCUT2D eigenvalue weighted by Gasteiger charge is -2.08. The number of ether oxygens (including phenoxy) is 1. The van der Waals surface area contributed by atoms with Crippen LogP contribution >= 0.6 is 11.3 Å². The molecule has 0 aliphatic rings. The molecule has 0 aliphatic heterocycles. The van der Waals surface area contributed by atoms with E-state index in [1.54, 1.807) is 41.8 Å². The van der Waals surface area contributed by atoms with Crippen LogP contribution in [0.4, 0.5) is 8.78 Å². The molecule has 3 nitrogen and oxygen atoms in total. The molecule has 0 fully saturated rings. The molecule has 0 unspecified atom stereocenters. The highest BCUT2D eigenvalue weighted by Crippen LogP contribution is 2.35. The average molecular weight is 319 g/mol. The van der Waals surface area contributed by atoms with Gasteiger partial charge in [-0.25, -0.2) is 4.98 Å². The van der Waals surface area contributed by atoms with Crippen LogP contribution in [0.15, 0.2) is 53.9 Å². The molecule has 1 N–H and O–H groups in total. The van der Waals surface area contributed by atoms with Gasteiger partial charge in [0, 0.05) is 16.5 Å². The molecule has 0 saturated heterocycles. The Morgan fingerprint density at radius 2 is 1.91 bits per heavy atom. The van der Waals surface area contributed by atoms with Crippen LogP contribution in [0.1, 0.15) is 0 Å². The number of rotatable bonds is 4. The van der Waals surface area contributed by atoms with Crippen LogP contribution in [0.3, 0.4) is 0 Å². The fourth-order valence-electron chi connectivity index (χ4n) is 2.05. The van der Waals surface area contributed by atoms with Gasteiger partial charge in [0.25, 0.3) is 0 Å². The van der Waals surface area contributed by atoms with Crippen molar-refractivity contribution >= 4 is 11.3 Å². The molecule has 3 rings (SSSR count). The number of alkyl halides is 2. The Morgan fingerprint density at radius 1 is 1.09 bits per heavy atom. The Labute approximate surface area is 129 Å². The minimum absolute atomic E-state index is 0.0882. The van der Waals surface area contributed by atoms with Crippen molar-refractivity contribution in [3.05, 3.63) is 53.9 Å². The predicted octanol–water partition coefficient (Wildman–Crippen LogP) is 4.78. The zero-order valence-electron chi connectivity index (χ0n) is 11.2. The van der Waals surface area contributed by atoms with Crippen molar-refractivity contribution in [3.63, 3.8) is 0 Å². The summed E-state index contributed by atoms with van der Waals surface area (Å²) in [7, 11) is 0. The molecule has 0 spiro atoms. The number of phenolic OH excluding ortho intramolecular Hbond substituents is 1. The molecule has 0 saturated carbocycles. The third kappa shape index (κ3) is 3.07. The summed E-state index contributed by atoms with van der Waals surface area (Å²) >= 11 is 1.37. The molecule has 112 valence electrons. The maximum atomic E-state index is 12.5. The van der Waals surface area contributed by atoms with Crippen molar-refractivity contribution in [1.82, 2.24) is 4.98 Å². The topological polar surface area (TPSA) is 42.4 Å². The highest BCUT2D eigenvalue weighted by Gasteiger charge is 2.14. The van der Waals surface area contributed by atoms with Crippen molar-refractivity contribution < 1.29 is 18.6 Å². The SMILES string of the molecule is Oc1cccc(-c2nc(-c3ccccc3OC(F)F)cs2)c1. The number of thiazole rings is 1. The van der Waals surface area contributed by atoms with E-state index in [0.717, 1.165) is 5.56 Å². The molecule has 1 aromatic heterocycles. The first-order valence-electron chi connectivity index (χ1n) is 6.42. The molecule has 1 heterocycles. The maximum absolute atomic E-state index is 12.5. The van der Waals surface area contributed by atoms with Crippen LogP contribution < -0.4 is 4.74 Å². The van der Waals surface area contributed by atoms with Gasteiger partial charge in [-0.3, -0.25) is 0 Å². The lowest BCUT2D eigenvalue weighted by molar-refractivity contribution is -0.0494. The summed E-state index contributed by atoms with van der Waals surface area (Å²) in [5, 5.41) is 12.0. The zero-order chi connectivity index (χ0) is 15.5. The lowest BCUT2D eigenvalue weighted by atomic mass is 10.1. The zero-order valence-corrected chi connectivity index (χ0v) is 12.1. The highest BCUT2D eigenvalue weighted by molar-refractivity contribution is 7.13. The number of aromatic nitrogens is 1. The van der Waals surface area contributed by atoms with Crippen molar-refractivity contribution in [3.8, 4) is 33.3 Å². The van der Waals surface area contributed by atoms with Crippen molar-refractivity contribution in [2.24, 2.45) is 0 Å². The van der Waals surface area contributed by atoms with E-state index in [1.807, 2.05) is 6.07 Å². The molecular weight excluding hydrogens is 308 g/mol. The van der Waals surface area contributed by atoms with Gasteiger partial charge in [-0.2, -0.15) is 8.78 Å². The second-order valence-corrected chi connectivity index (χ2v) is 5.32. The number of halogens is 2. The van der Waals surface area contributed by atoms with E-state index in [9.17, 15) is 13.9 Å². The van der Waals surface area contributed by atoms with Crippen LogP contribution in [0.2, 0.25) is 0 Å².